The number of nitrogens with zero attached hydrogens (tertiary/aromatic N) is 2. The molecule has 5 rings (SSSR count). The number of allylic oxidation sites excluding steroid dienone is 2. The number of ketones is 1. The van der Waals surface area contributed by atoms with Gasteiger partial charge in [0.1, 0.15) is 10.9 Å². The monoisotopic (exact) mass is 527 g/mol. The second kappa shape index (κ2) is 10.4. The molecule has 1 N–H and O–H groups in total. The second-order valence-corrected chi connectivity index (χ2v) is 9.07. The van der Waals surface area contributed by atoms with Gasteiger partial charge in [-0.15, -0.1) is 0 Å². The number of benzene rings is 2. The fourth-order valence-electron chi connectivity index (χ4n) is 4.56. The molecular formula is C29H22ClN3O5. The van der Waals surface area contributed by atoms with Gasteiger partial charge in [0.15, 0.2) is 5.78 Å². The Morgan fingerprint density at radius 2 is 1.97 bits per heavy atom. The van der Waals surface area contributed by atoms with Crippen LogP contribution >= 0.6 is 11.6 Å². The third-order valence-electron chi connectivity index (χ3n) is 6.32. The van der Waals surface area contributed by atoms with E-state index >= 15 is 0 Å². The zero-order valence-electron chi connectivity index (χ0n) is 20.4. The van der Waals surface area contributed by atoms with Gasteiger partial charge >= 0.3 is 0 Å². The Labute approximate surface area is 222 Å². The first kappa shape index (κ1) is 25.1. The van der Waals surface area contributed by atoms with E-state index in [1.807, 2.05) is 25.1 Å². The van der Waals surface area contributed by atoms with E-state index in [0.717, 1.165) is 5.39 Å². The average Bonchev–Trinajstić information content (AvgIpc) is 2.91. The van der Waals surface area contributed by atoms with Crippen LogP contribution in [0.5, 0.6) is 5.75 Å². The largest absolute Gasteiger partial charge is 0.494 e. The van der Waals surface area contributed by atoms with Crippen molar-refractivity contribution >= 4 is 40.4 Å². The molecule has 0 fully saturated rings. The SMILES string of the molecule is CCOc1ccc2cc(C=CC(=O)c3c(-c4ccccc4)c4c([nH]c3=O)CCC([N+](=O)[O-])=C4)c(Cl)nc2c1. The van der Waals surface area contributed by atoms with Crippen molar-refractivity contribution in [2.24, 2.45) is 0 Å². The first-order chi connectivity index (χ1) is 18.4. The highest BCUT2D eigenvalue weighted by Crippen LogP contribution is 2.34. The quantitative estimate of drug-likeness (QED) is 0.102. The molecule has 2 aromatic heterocycles. The number of halogens is 1. The Balaban J connectivity index is 1.60. The number of nitro groups is 1. The maximum atomic E-state index is 13.5. The Morgan fingerprint density at radius 3 is 2.71 bits per heavy atom. The summed E-state index contributed by atoms with van der Waals surface area (Å²) in [5, 5.41) is 12.5. The number of aryl methyl sites for hydroxylation is 1. The number of ether oxygens (including phenoxy) is 1. The van der Waals surface area contributed by atoms with Gasteiger partial charge in [-0.3, -0.25) is 19.7 Å². The van der Waals surface area contributed by atoms with Gasteiger partial charge in [0, 0.05) is 46.3 Å². The molecule has 190 valence electrons. The van der Waals surface area contributed by atoms with Crippen molar-refractivity contribution in [3.63, 3.8) is 0 Å². The summed E-state index contributed by atoms with van der Waals surface area (Å²) < 4.78 is 5.51. The molecule has 1 aliphatic carbocycles. The maximum Gasteiger partial charge on any atom is 0.260 e. The summed E-state index contributed by atoms with van der Waals surface area (Å²) in [6.45, 7) is 2.42. The predicted octanol–water partition coefficient (Wildman–Crippen LogP) is 6.10. The third-order valence-corrected chi connectivity index (χ3v) is 6.62. The number of aromatic nitrogens is 2. The van der Waals surface area contributed by atoms with Crippen molar-refractivity contribution in [2.75, 3.05) is 6.61 Å². The zero-order chi connectivity index (χ0) is 26.8. The van der Waals surface area contributed by atoms with Crippen LogP contribution in [0.4, 0.5) is 0 Å². The van der Waals surface area contributed by atoms with Gasteiger partial charge in [-0.05, 0) is 49.3 Å². The number of aromatic amines is 1. The van der Waals surface area contributed by atoms with Gasteiger partial charge in [-0.2, -0.15) is 0 Å². The zero-order valence-corrected chi connectivity index (χ0v) is 21.1. The fourth-order valence-corrected chi connectivity index (χ4v) is 4.77. The summed E-state index contributed by atoms with van der Waals surface area (Å²) in [4.78, 5) is 44.9. The van der Waals surface area contributed by atoms with Crippen molar-refractivity contribution < 1.29 is 14.5 Å². The van der Waals surface area contributed by atoms with E-state index in [0.29, 0.717) is 52.2 Å². The predicted molar refractivity (Wildman–Crippen MR) is 147 cm³/mol. The molecule has 9 heteroatoms. The average molecular weight is 528 g/mol. The van der Waals surface area contributed by atoms with Crippen molar-refractivity contribution in [1.82, 2.24) is 9.97 Å². The highest BCUT2D eigenvalue weighted by atomic mass is 35.5. The molecular weight excluding hydrogens is 506 g/mol. The summed E-state index contributed by atoms with van der Waals surface area (Å²) in [6, 6.07) is 16.2. The number of carbonyl (C=O) groups excluding carboxylic acids is 1. The molecule has 0 radical (unpaired) electrons. The Hall–Kier alpha value is -4.56. The highest BCUT2D eigenvalue weighted by molar-refractivity contribution is 6.31. The molecule has 0 unspecified atom stereocenters. The minimum absolute atomic E-state index is 0.0252. The van der Waals surface area contributed by atoms with E-state index in [-0.39, 0.29) is 22.8 Å². The van der Waals surface area contributed by atoms with Crippen molar-refractivity contribution in [2.45, 2.75) is 19.8 Å². The van der Waals surface area contributed by atoms with Crippen LogP contribution in [0.15, 0.2) is 71.2 Å². The Bertz CT molecular complexity index is 1710. The molecule has 4 aromatic rings. The van der Waals surface area contributed by atoms with Crippen LogP contribution in [0.25, 0.3) is 34.2 Å². The van der Waals surface area contributed by atoms with Crippen LogP contribution in [0, 0.1) is 10.1 Å². The summed E-state index contributed by atoms with van der Waals surface area (Å²) >= 11 is 6.41. The number of pyridine rings is 2. The molecule has 2 aromatic carbocycles. The highest BCUT2D eigenvalue weighted by Gasteiger charge is 2.27. The number of hydrogen-bond acceptors (Lipinski definition) is 6. The fraction of sp³-hybridized carbons (Fsp3) is 0.138. The van der Waals surface area contributed by atoms with E-state index in [4.69, 9.17) is 16.3 Å². The van der Waals surface area contributed by atoms with Gasteiger partial charge in [-0.1, -0.05) is 41.9 Å². The van der Waals surface area contributed by atoms with E-state index in [1.54, 1.807) is 36.4 Å². The molecule has 0 saturated heterocycles. The minimum Gasteiger partial charge on any atom is -0.494 e. The third kappa shape index (κ3) is 4.86. The van der Waals surface area contributed by atoms with E-state index in [9.17, 15) is 19.7 Å². The standard InChI is InChI=1S/C29H22ClN3O5/c1-2-38-21-11-8-18-14-19(28(30)31-24(18)16-21)9-13-25(34)27-26(17-6-4-3-5-7-17)22-15-20(33(36)37)10-12-23(22)32-29(27)35/h3-9,11,13-16H,2,10,12H2,1H3,(H,32,35). The lowest BCUT2D eigenvalue weighted by Gasteiger charge is -2.18. The van der Waals surface area contributed by atoms with Crippen molar-refractivity contribution in [3.8, 4) is 16.9 Å². The Morgan fingerprint density at radius 1 is 1.18 bits per heavy atom. The van der Waals surface area contributed by atoms with Gasteiger partial charge < -0.3 is 9.72 Å². The summed E-state index contributed by atoms with van der Waals surface area (Å²) in [5.74, 6) is 0.119. The minimum atomic E-state index is -0.558. The van der Waals surface area contributed by atoms with E-state index in [1.165, 1.54) is 18.2 Å². The molecule has 0 amide bonds. The summed E-state index contributed by atoms with van der Waals surface area (Å²) in [7, 11) is 0. The van der Waals surface area contributed by atoms with E-state index in [2.05, 4.69) is 9.97 Å². The van der Waals surface area contributed by atoms with Crippen molar-refractivity contribution in [1.29, 1.82) is 0 Å². The lowest BCUT2D eigenvalue weighted by atomic mass is 9.88. The van der Waals surface area contributed by atoms with Gasteiger partial charge in [-0.25, -0.2) is 4.98 Å². The molecule has 0 spiro atoms. The number of fused-ring (bicyclic) bond motifs is 2. The molecule has 38 heavy (non-hydrogen) atoms. The molecule has 0 atom stereocenters. The van der Waals surface area contributed by atoms with Crippen LogP contribution in [-0.2, 0) is 6.42 Å². The normalized spacial score (nSPS) is 12.8. The van der Waals surface area contributed by atoms with Gasteiger partial charge in [0.05, 0.1) is 22.6 Å². The van der Waals surface area contributed by atoms with Gasteiger partial charge in [0.25, 0.3) is 5.56 Å². The van der Waals surface area contributed by atoms with Crippen molar-refractivity contribution in [3.05, 3.63) is 114 Å². The first-order valence-corrected chi connectivity index (χ1v) is 12.4. The lowest BCUT2D eigenvalue weighted by Crippen LogP contribution is -2.23. The maximum absolute atomic E-state index is 13.5. The topological polar surface area (TPSA) is 115 Å². The second-order valence-electron chi connectivity index (χ2n) is 8.71. The number of H-pyrrole nitrogens is 1. The molecule has 0 aliphatic heterocycles. The first-order valence-electron chi connectivity index (χ1n) is 12.0. The smallest absolute Gasteiger partial charge is 0.260 e. The Kier molecular flexibility index (Phi) is 6.89. The molecule has 0 bridgehead atoms. The summed E-state index contributed by atoms with van der Waals surface area (Å²) in [6.07, 6.45) is 4.72. The van der Waals surface area contributed by atoms with Gasteiger partial charge in [0.2, 0.25) is 5.70 Å². The van der Waals surface area contributed by atoms with Crippen LogP contribution in [0.3, 0.4) is 0 Å². The van der Waals surface area contributed by atoms with Crippen LogP contribution in [0.2, 0.25) is 5.15 Å². The number of nitrogens with one attached hydrogen (secondary N) is 1. The lowest BCUT2D eigenvalue weighted by molar-refractivity contribution is -0.426. The molecule has 1 aliphatic rings. The van der Waals surface area contributed by atoms with E-state index < -0.39 is 16.3 Å². The number of carbonyl (C=O) groups is 1. The molecule has 8 nitrogen and oxygen atoms in total. The number of hydrogen-bond donors (Lipinski definition) is 1. The van der Waals surface area contributed by atoms with Crippen LogP contribution in [-0.4, -0.2) is 27.3 Å². The molecule has 2 heterocycles. The number of rotatable bonds is 7. The van der Waals surface area contributed by atoms with Crippen LogP contribution in [0.1, 0.15) is 40.5 Å². The van der Waals surface area contributed by atoms with Crippen LogP contribution < -0.4 is 10.3 Å². The molecule has 0 saturated carbocycles. The summed E-state index contributed by atoms with van der Waals surface area (Å²) in [5.41, 5.74) is 2.54.